The highest BCUT2D eigenvalue weighted by Gasteiger charge is 2.38. The van der Waals surface area contributed by atoms with Gasteiger partial charge in [0.15, 0.2) is 11.4 Å². The normalized spacial score (nSPS) is 20.5. The zero-order chi connectivity index (χ0) is 29.1. The molecule has 3 aromatic carbocycles. The van der Waals surface area contributed by atoms with Crippen molar-refractivity contribution in [2.24, 2.45) is 13.0 Å². The third-order valence-corrected chi connectivity index (χ3v) is 8.39. The molecule has 2 aromatic heterocycles. The molecule has 0 spiro atoms. The number of thioether (sulfide) groups is 1. The molecule has 1 aliphatic rings. The first-order chi connectivity index (χ1) is 20.5. The standard InChI is InChI=1S/C31H30N6O4S/c1-19-27(17-42-31-36-33-18-37(31)2)40-30(41-28(19)21-12-10-20(16-38)11-13-21)22-6-5-7-23(14-22)34-29(39)26-15-32-24-8-3-4-9-25(24)35-26/h3-15,18-19,27-28,30,38H,16-17H2,1-2H3,(H,34,39)/t19-,27+,28+,30+/m1/s1. The third-order valence-electron chi connectivity index (χ3n) is 7.27. The van der Waals surface area contributed by atoms with Crippen LogP contribution in [0, 0.1) is 5.92 Å². The quantitative estimate of drug-likeness (QED) is 0.241. The van der Waals surface area contributed by atoms with E-state index in [2.05, 4.69) is 32.4 Å². The molecule has 0 bridgehead atoms. The number of nitrogens with zero attached hydrogens (tertiary/aromatic N) is 5. The fraction of sp³-hybridized carbons (Fsp3) is 0.258. The van der Waals surface area contributed by atoms with Crippen molar-refractivity contribution in [3.8, 4) is 0 Å². The van der Waals surface area contributed by atoms with Crippen LogP contribution in [0.4, 0.5) is 5.69 Å². The van der Waals surface area contributed by atoms with E-state index in [0.717, 1.165) is 27.4 Å². The molecule has 1 saturated heterocycles. The maximum absolute atomic E-state index is 13.0. The number of hydrogen-bond acceptors (Lipinski definition) is 9. The van der Waals surface area contributed by atoms with Crippen LogP contribution in [-0.4, -0.2) is 47.6 Å². The zero-order valence-electron chi connectivity index (χ0n) is 23.1. The summed E-state index contributed by atoms with van der Waals surface area (Å²) < 4.78 is 15.0. The van der Waals surface area contributed by atoms with E-state index in [0.29, 0.717) is 17.0 Å². The van der Waals surface area contributed by atoms with E-state index < -0.39 is 6.29 Å². The largest absolute Gasteiger partial charge is 0.392 e. The molecule has 11 heteroatoms. The molecule has 1 aliphatic heterocycles. The number of fused-ring (bicyclic) bond motifs is 1. The number of amides is 1. The van der Waals surface area contributed by atoms with Crippen molar-refractivity contribution in [3.05, 3.63) is 108 Å². The lowest BCUT2D eigenvalue weighted by molar-refractivity contribution is -0.268. The molecular weight excluding hydrogens is 552 g/mol. The highest BCUT2D eigenvalue weighted by Crippen LogP contribution is 2.43. The number of benzene rings is 3. The fourth-order valence-corrected chi connectivity index (χ4v) is 5.95. The molecule has 0 saturated carbocycles. The number of rotatable bonds is 8. The molecule has 42 heavy (non-hydrogen) atoms. The highest BCUT2D eigenvalue weighted by atomic mass is 32.2. The topological polar surface area (TPSA) is 124 Å². The van der Waals surface area contributed by atoms with Crippen molar-refractivity contribution in [1.82, 2.24) is 24.7 Å². The Morgan fingerprint density at radius 3 is 2.60 bits per heavy atom. The van der Waals surface area contributed by atoms with Crippen molar-refractivity contribution in [2.45, 2.75) is 37.2 Å². The van der Waals surface area contributed by atoms with Crippen LogP contribution in [0.1, 0.15) is 46.5 Å². The second kappa shape index (κ2) is 12.4. The minimum atomic E-state index is -0.675. The first kappa shape index (κ1) is 28.0. The average Bonchev–Trinajstić information content (AvgIpc) is 3.44. The lowest BCUT2D eigenvalue weighted by atomic mass is 9.91. The summed E-state index contributed by atoms with van der Waals surface area (Å²) in [6.07, 6.45) is 2.05. The Labute approximate surface area is 247 Å². The Morgan fingerprint density at radius 1 is 1.02 bits per heavy atom. The van der Waals surface area contributed by atoms with Gasteiger partial charge >= 0.3 is 0 Å². The maximum Gasteiger partial charge on any atom is 0.275 e. The molecule has 0 aliphatic carbocycles. The molecular formula is C31H30N6O4S. The predicted octanol–water partition coefficient (Wildman–Crippen LogP) is 5.09. The summed E-state index contributed by atoms with van der Waals surface area (Å²) in [5.41, 5.74) is 4.81. The Balaban J connectivity index is 1.24. The van der Waals surface area contributed by atoms with E-state index in [9.17, 15) is 9.90 Å². The van der Waals surface area contributed by atoms with Crippen LogP contribution in [0.15, 0.2) is 90.5 Å². The van der Waals surface area contributed by atoms with Gasteiger partial charge in [-0.3, -0.25) is 9.78 Å². The molecule has 1 fully saturated rings. The lowest BCUT2D eigenvalue weighted by Crippen LogP contribution is -2.38. The second-order valence-electron chi connectivity index (χ2n) is 10.2. The number of anilines is 1. The van der Waals surface area contributed by atoms with E-state index in [1.54, 1.807) is 18.1 Å². The zero-order valence-corrected chi connectivity index (χ0v) is 23.9. The van der Waals surface area contributed by atoms with Crippen LogP contribution in [0.5, 0.6) is 0 Å². The van der Waals surface area contributed by atoms with E-state index in [4.69, 9.17) is 9.47 Å². The number of ether oxygens (including phenoxy) is 2. The fourth-order valence-electron chi connectivity index (χ4n) is 4.89. The maximum atomic E-state index is 13.0. The van der Waals surface area contributed by atoms with Gasteiger partial charge in [-0.25, -0.2) is 4.98 Å². The number of carbonyl (C=O) groups is 1. The first-order valence-corrected chi connectivity index (χ1v) is 14.6. The number of aromatic nitrogens is 5. The number of nitrogens with one attached hydrogen (secondary N) is 1. The van der Waals surface area contributed by atoms with E-state index in [1.807, 2.05) is 84.4 Å². The van der Waals surface area contributed by atoms with Gasteiger partial charge in [0.1, 0.15) is 12.0 Å². The lowest BCUT2D eigenvalue weighted by Gasteiger charge is -2.41. The van der Waals surface area contributed by atoms with Crippen LogP contribution in [0.2, 0.25) is 0 Å². The van der Waals surface area contributed by atoms with Gasteiger partial charge in [0.05, 0.1) is 36.0 Å². The molecule has 6 rings (SSSR count). The second-order valence-corrected chi connectivity index (χ2v) is 11.2. The molecule has 0 unspecified atom stereocenters. The molecule has 214 valence electrons. The van der Waals surface area contributed by atoms with Crippen LogP contribution in [0.25, 0.3) is 11.0 Å². The summed E-state index contributed by atoms with van der Waals surface area (Å²) in [6.45, 7) is 2.09. The number of aliphatic hydroxyl groups excluding tert-OH is 1. The van der Waals surface area contributed by atoms with E-state index in [-0.39, 0.29) is 36.3 Å². The number of para-hydroxylation sites is 2. The molecule has 1 amide bonds. The first-order valence-electron chi connectivity index (χ1n) is 13.6. The number of aliphatic hydroxyl groups is 1. The van der Waals surface area contributed by atoms with Crippen LogP contribution in [0.3, 0.4) is 0 Å². The van der Waals surface area contributed by atoms with Crippen LogP contribution in [-0.2, 0) is 23.1 Å². The number of carbonyl (C=O) groups excluding carboxylic acids is 1. The SMILES string of the molecule is C[C@@H]1[C@H](CSc2nncn2C)O[C@H](c2cccc(NC(=O)c3cnc4ccccc4n3)c2)O[C@@H]1c1ccc(CO)cc1. The van der Waals surface area contributed by atoms with Crippen molar-refractivity contribution >= 4 is 34.4 Å². The van der Waals surface area contributed by atoms with Crippen molar-refractivity contribution in [3.63, 3.8) is 0 Å². The molecule has 4 atom stereocenters. The smallest absolute Gasteiger partial charge is 0.275 e. The van der Waals surface area contributed by atoms with Gasteiger partial charge in [0.2, 0.25) is 0 Å². The summed E-state index contributed by atoms with van der Waals surface area (Å²) in [4.78, 5) is 21.8. The van der Waals surface area contributed by atoms with Crippen molar-refractivity contribution in [1.29, 1.82) is 0 Å². The Bertz CT molecular complexity index is 1690. The summed E-state index contributed by atoms with van der Waals surface area (Å²) in [6, 6.07) is 22.7. The Morgan fingerprint density at radius 2 is 1.83 bits per heavy atom. The number of hydrogen-bond donors (Lipinski definition) is 2. The van der Waals surface area contributed by atoms with E-state index >= 15 is 0 Å². The van der Waals surface area contributed by atoms with Gasteiger partial charge in [-0.1, -0.05) is 67.2 Å². The summed E-state index contributed by atoms with van der Waals surface area (Å²) in [5.74, 6) is 0.316. The summed E-state index contributed by atoms with van der Waals surface area (Å²) in [7, 11) is 1.91. The van der Waals surface area contributed by atoms with Crippen LogP contribution < -0.4 is 5.32 Å². The summed E-state index contributed by atoms with van der Waals surface area (Å²) in [5, 5.41) is 21.4. The van der Waals surface area contributed by atoms with Crippen LogP contribution >= 0.6 is 11.8 Å². The monoisotopic (exact) mass is 582 g/mol. The van der Waals surface area contributed by atoms with Gasteiger partial charge in [-0.05, 0) is 35.4 Å². The molecule has 5 aromatic rings. The van der Waals surface area contributed by atoms with Gasteiger partial charge < -0.3 is 24.5 Å². The Kier molecular flexibility index (Phi) is 8.24. The molecule has 10 nitrogen and oxygen atoms in total. The van der Waals surface area contributed by atoms with Gasteiger partial charge in [0.25, 0.3) is 5.91 Å². The van der Waals surface area contributed by atoms with Crippen molar-refractivity contribution < 1.29 is 19.4 Å². The summed E-state index contributed by atoms with van der Waals surface area (Å²) >= 11 is 1.58. The molecule has 2 N–H and O–H groups in total. The third kappa shape index (κ3) is 6.04. The number of aryl methyl sites for hydroxylation is 1. The van der Waals surface area contributed by atoms with Gasteiger partial charge in [0, 0.05) is 30.0 Å². The van der Waals surface area contributed by atoms with E-state index in [1.165, 1.54) is 6.20 Å². The molecule has 3 heterocycles. The minimum absolute atomic E-state index is 0.0205. The van der Waals surface area contributed by atoms with Crippen molar-refractivity contribution in [2.75, 3.05) is 11.1 Å². The molecule has 0 radical (unpaired) electrons. The van der Waals surface area contributed by atoms with Gasteiger partial charge in [-0.2, -0.15) is 0 Å². The van der Waals surface area contributed by atoms with Gasteiger partial charge in [-0.15, -0.1) is 10.2 Å². The Hall–Kier alpha value is -4.16. The highest BCUT2D eigenvalue weighted by molar-refractivity contribution is 7.99. The average molecular weight is 583 g/mol. The predicted molar refractivity (Wildman–Crippen MR) is 159 cm³/mol. The minimum Gasteiger partial charge on any atom is -0.392 e.